The number of quaternary nitrogens is 1. The SMILES string of the molecule is CCc1ccc(C(=O)[N+](Cl)(N(Cl)C(=O)c2cccc(C)c2C)C(C)(C)C)cc1.Cl. The summed E-state index contributed by atoms with van der Waals surface area (Å²) in [5.41, 5.74) is 2.79. The summed E-state index contributed by atoms with van der Waals surface area (Å²) in [5.74, 6) is -0.989. The first-order chi connectivity index (χ1) is 12.9. The van der Waals surface area contributed by atoms with E-state index >= 15 is 0 Å². The van der Waals surface area contributed by atoms with E-state index in [1.807, 2.05) is 39.0 Å². The summed E-state index contributed by atoms with van der Waals surface area (Å²) in [5, 5.41) is 0. The van der Waals surface area contributed by atoms with E-state index in [4.69, 9.17) is 23.6 Å². The van der Waals surface area contributed by atoms with Gasteiger partial charge < -0.3 is 0 Å². The van der Waals surface area contributed by atoms with Gasteiger partial charge in [0.1, 0.15) is 5.54 Å². The van der Waals surface area contributed by atoms with Crippen LogP contribution < -0.4 is 0 Å². The smallest absolute Gasteiger partial charge is 0.262 e. The van der Waals surface area contributed by atoms with Gasteiger partial charge in [-0.2, -0.15) is 0 Å². The van der Waals surface area contributed by atoms with Gasteiger partial charge in [0.15, 0.2) is 0 Å². The third-order valence-corrected chi connectivity index (χ3v) is 6.28. The predicted octanol–water partition coefficient (Wildman–Crippen LogP) is 6.41. The zero-order valence-electron chi connectivity index (χ0n) is 17.6. The highest BCUT2D eigenvalue weighted by atomic mass is 35.5. The molecule has 29 heavy (non-hydrogen) atoms. The summed E-state index contributed by atoms with van der Waals surface area (Å²) in [6.07, 6.45) is 0.862. The average molecular weight is 459 g/mol. The molecule has 0 fully saturated rings. The first kappa shape index (κ1) is 25.4. The van der Waals surface area contributed by atoms with Crippen molar-refractivity contribution in [3.63, 3.8) is 0 Å². The fraction of sp³-hybridized carbons (Fsp3) is 0.364. The lowest BCUT2D eigenvalue weighted by Crippen LogP contribution is -2.64. The van der Waals surface area contributed by atoms with E-state index in [9.17, 15) is 9.59 Å². The number of nitrogens with zero attached hydrogens (tertiary/aromatic N) is 2. The molecule has 0 aliphatic heterocycles. The molecular formula is C22H28Cl3N2O2+. The van der Waals surface area contributed by atoms with Crippen LogP contribution >= 0.6 is 36.0 Å². The molecule has 0 bridgehead atoms. The van der Waals surface area contributed by atoms with Gasteiger partial charge in [-0.1, -0.05) is 35.7 Å². The Labute approximate surface area is 189 Å². The zero-order valence-corrected chi connectivity index (χ0v) is 20.0. The van der Waals surface area contributed by atoms with Crippen LogP contribution in [0.4, 0.5) is 0 Å². The minimum atomic E-state index is -0.910. The topological polar surface area (TPSA) is 37.4 Å². The first-order valence-corrected chi connectivity index (χ1v) is 9.92. The van der Waals surface area contributed by atoms with Gasteiger partial charge >= 0.3 is 11.8 Å². The molecule has 2 amide bonds. The number of carbonyl (C=O) groups is 2. The Kier molecular flexibility index (Phi) is 8.32. The summed E-state index contributed by atoms with van der Waals surface area (Å²) in [6, 6.07) is 12.6. The van der Waals surface area contributed by atoms with Crippen molar-refractivity contribution in [2.24, 2.45) is 0 Å². The van der Waals surface area contributed by atoms with E-state index in [1.54, 1.807) is 45.0 Å². The molecule has 1 unspecified atom stereocenters. The van der Waals surface area contributed by atoms with Gasteiger partial charge in [-0.15, -0.1) is 12.4 Å². The largest absolute Gasteiger partial charge is 0.390 e. The average Bonchev–Trinajstić information content (AvgIpc) is 2.67. The zero-order chi connectivity index (χ0) is 21.3. The fourth-order valence-electron chi connectivity index (χ4n) is 2.91. The molecule has 2 aromatic carbocycles. The number of carbonyl (C=O) groups excluding carboxylic acids is 2. The van der Waals surface area contributed by atoms with E-state index in [-0.39, 0.29) is 12.4 Å². The molecular weight excluding hydrogens is 431 g/mol. The maximum Gasteiger partial charge on any atom is 0.390 e. The van der Waals surface area contributed by atoms with Crippen LogP contribution in [0, 0.1) is 13.8 Å². The Morgan fingerprint density at radius 3 is 2.07 bits per heavy atom. The molecule has 0 aliphatic carbocycles. The van der Waals surface area contributed by atoms with Crippen molar-refractivity contribution in [3.8, 4) is 0 Å². The van der Waals surface area contributed by atoms with Crippen molar-refractivity contribution in [2.45, 2.75) is 53.5 Å². The Morgan fingerprint density at radius 1 is 1.03 bits per heavy atom. The highest BCUT2D eigenvalue weighted by Gasteiger charge is 2.56. The molecule has 158 valence electrons. The molecule has 0 saturated carbocycles. The van der Waals surface area contributed by atoms with E-state index in [2.05, 4.69) is 0 Å². The van der Waals surface area contributed by atoms with Gasteiger partial charge in [-0.3, -0.25) is 4.79 Å². The van der Waals surface area contributed by atoms with Gasteiger partial charge in [0.05, 0.1) is 17.3 Å². The summed E-state index contributed by atoms with van der Waals surface area (Å²) in [4.78, 5) is 26.6. The van der Waals surface area contributed by atoms with Crippen molar-refractivity contribution in [1.29, 1.82) is 0 Å². The van der Waals surface area contributed by atoms with Crippen LogP contribution in [0.25, 0.3) is 0 Å². The van der Waals surface area contributed by atoms with E-state index in [1.165, 1.54) is 0 Å². The Morgan fingerprint density at radius 2 is 1.59 bits per heavy atom. The van der Waals surface area contributed by atoms with Crippen LogP contribution in [0.2, 0.25) is 0 Å². The van der Waals surface area contributed by atoms with Crippen molar-refractivity contribution in [2.75, 3.05) is 0 Å². The predicted molar refractivity (Wildman–Crippen MR) is 121 cm³/mol. The van der Waals surface area contributed by atoms with E-state index in [0.717, 1.165) is 27.6 Å². The monoisotopic (exact) mass is 457 g/mol. The minimum Gasteiger partial charge on any atom is -0.262 e. The van der Waals surface area contributed by atoms with Crippen molar-refractivity contribution in [1.82, 2.24) is 4.53 Å². The van der Waals surface area contributed by atoms with E-state index in [0.29, 0.717) is 11.1 Å². The molecule has 0 aromatic heterocycles. The molecule has 2 aromatic rings. The molecule has 7 heteroatoms. The lowest BCUT2D eigenvalue weighted by atomic mass is 10.0. The standard InChI is InChI=1S/C22H27Cl2N2O2.ClH/c1-7-17-11-13-18(14-12-17)21(28)26(24,22(4,5)6)25(23)20(27)19-10-8-9-15(2)16(19)3;/h8-14H,7H2,1-6H3;1H/q+1;. The number of aryl methyl sites for hydroxylation is 2. The molecule has 0 heterocycles. The number of hydrogen-bond donors (Lipinski definition) is 0. The van der Waals surface area contributed by atoms with Gasteiger partial charge in [0.2, 0.25) is 11.8 Å². The van der Waals surface area contributed by atoms with Crippen LogP contribution in [-0.2, 0) is 6.42 Å². The Balaban J connectivity index is 0.00000420. The summed E-state index contributed by atoms with van der Waals surface area (Å²) < 4.78 is -0.106. The molecule has 2 rings (SSSR count). The van der Waals surface area contributed by atoms with Crippen molar-refractivity contribution < 1.29 is 13.7 Å². The minimum absolute atomic E-state index is 0. The molecule has 1 atom stereocenters. The Hall–Kier alpha value is -1.59. The van der Waals surface area contributed by atoms with Crippen LogP contribution in [0.3, 0.4) is 0 Å². The van der Waals surface area contributed by atoms with E-state index < -0.39 is 21.5 Å². The first-order valence-electron chi connectivity index (χ1n) is 9.24. The quantitative estimate of drug-likeness (QED) is 0.394. The summed E-state index contributed by atoms with van der Waals surface area (Å²) >= 11 is 13.3. The molecule has 0 spiro atoms. The third kappa shape index (κ3) is 4.77. The molecule has 0 aliphatic rings. The fourth-order valence-corrected chi connectivity index (χ4v) is 3.46. The second kappa shape index (κ2) is 9.48. The summed E-state index contributed by atoms with van der Waals surface area (Å²) in [6.45, 7) is 11.1. The molecule has 0 N–H and O–H groups in total. The molecule has 4 nitrogen and oxygen atoms in total. The van der Waals surface area contributed by atoms with Gasteiger partial charge in [-0.25, -0.2) is 4.79 Å². The normalized spacial score (nSPS) is 13.2. The van der Waals surface area contributed by atoms with Crippen LogP contribution in [-0.4, -0.2) is 26.0 Å². The molecule has 0 radical (unpaired) electrons. The number of hydrogen-bond acceptors (Lipinski definition) is 2. The van der Waals surface area contributed by atoms with Crippen LogP contribution in [0.5, 0.6) is 0 Å². The summed E-state index contributed by atoms with van der Waals surface area (Å²) in [7, 11) is 0. The van der Waals surface area contributed by atoms with Crippen molar-refractivity contribution >= 4 is 47.8 Å². The highest BCUT2D eigenvalue weighted by Crippen LogP contribution is 2.37. The van der Waals surface area contributed by atoms with Gasteiger partial charge in [0, 0.05) is 5.56 Å². The maximum absolute atomic E-state index is 13.4. The van der Waals surface area contributed by atoms with Crippen LogP contribution in [0.15, 0.2) is 42.5 Å². The second-order valence-electron chi connectivity index (χ2n) is 7.90. The highest BCUT2D eigenvalue weighted by molar-refractivity contribution is 6.27. The second-order valence-corrected chi connectivity index (χ2v) is 8.71. The molecule has 0 saturated heterocycles. The van der Waals surface area contributed by atoms with Gasteiger partial charge in [-0.05, 0) is 80.0 Å². The Bertz CT molecular complexity index is 892. The number of benzene rings is 2. The van der Waals surface area contributed by atoms with Crippen LogP contribution in [0.1, 0.15) is 65.1 Å². The lowest BCUT2D eigenvalue weighted by Gasteiger charge is -2.40. The number of rotatable bonds is 3. The van der Waals surface area contributed by atoms with Crippen molar-refractivity contribution in [3.05, 3.63) is 70.3 Å². The maximum atomic E-state index is 13.4. The van der Waals surface area contributed by atoms with Gasteiger partial charge in [0.25, 0.3) is 0 Å². The number of amides is 2. The third-order valence-electron chi connectivity index (χ3n) is 5.01. The number of halogens is 3. The lowest BCUT2D eigenvalue weighted by molar-refractivity contribution is -0.871.